The molecule has 29 heavy (non-hydrogen) atoms. The lowest BCUT2D eigenvalue weighted by Gasteiger charge is -2.25. The monoisotopic (exact) mass is 411 g/mol. The molecule has 0 atom stereocenters. The van der Waals surface area contributed by atoms with Crippen molar-refractivity contribution in [3.8, 4) is 0 Å². The van der Waals surface area contributed by atoms with Gasteiger partial charge in [-0.1, -0.05) is 29.8 Å². The van der Waals surface area contributed by atoms with Crippen LogP contribution in [0.15, 0.2) is 65.3 Å². The second kappa shape index (κ2) is 9.52. The number of benzene rings is 2. The Morgan fingerprint density at radius 2 is 1.86 bits per heavy atom. The molecule has 2 aromatic carbocycles. The second-order valence-electron chi connectivity index (χ2n) is 6.99. The number of carbonyl (C=O) groups is 1. The highest BCUT2D eigenvalue weighted by molar-refractivity contribution is 6.33. The number of hydrogen-bond acceptors (Lipinski definition) is 4. The molecule has 1 amide bonds. The molecular formula is C23H26ClN3O2. The van der Waals surface area contributed by atoms with E-state index in [1.54, 1.807) is 23.3 Å². The van der Waals surface area contributed by atoms with Crippen LogP contribution in [0.25, 0.3) is 0 Å². The molecule has 0 radical (unpaired) electrons. The van der Waals surface area contributed by atoms with Crippen molar-refractivity contribution < 1.29 is 9.21 Å². The largest absolute Gasteiger partial charge is 0.467 e. The highest BCUT2D eigenvalue weighted by Gasteiger charge is 2.21. The smallest absolute Gasteiger partial charge is 0.256 e. The van der Waals surface area contributed by atoms with Gasteiger partial charge in [0.25, 0.3) is 5.91 Å². The summed E-state index contributed by atoms with van der Waals surface area (Å²) in [6, 6.07) is 17.0. The molecule has 3 rings (SSSR count). The lowest BCUT2D eigenvalue weighted by Crippen LogP contribution is -2.30. The highest BCUT2D eigenvalue weighted by Crippen LogP contribution is 2.26. The van der Waals surface area contributed by atoms with E-state index in [1.165, 1.54) is 0 Å². The van der Waals surface area contributed by atoms with Crippen LogP contribution >= 0.6 is 11.6 Å². The molecule has 0 unspecified atom stereocenters. The summed E-state index contributed by atoms with van der Waals surface area (Å²) in [4.78, 5) is 17.1. The van der Waals surface area contributed by atoms with Crippen LogP contribution in [0.3, 0.4) is 0 Å². The summed E-state index contributed by atoms with van der Waals surface area (Å²) in [6.45, 7) is 3.64. The highest BCUT2D eigenvalue weighted by atomic mass is 35.5. The van der Waals surface area contributed by atoms with Crippen LogP contribution in [0, 0.1) is 0 Å². The van der Waals surface area contributed by atoms with E-state index in [4.69, 9.17) is 16.0 Å². The fourth-order valence-electron chi connectivity index (χ4n) is 3.14. The Morgan fingerprint density at radius 3 is 2.52 bits per heavy atom. The fourth-order valence-corrected chi connectivity index (χ4v) is 3.35. The molecule has 1 aromatic heterocycles. The number of halogens is 1. The van der Waals surface area contributed by atoms with Crippen molar-refractivity contribution >= 4 is 28.9 Å². The molecular weight excluding hydrogens is 386 g/mol. The third-order valence-corrected chi connectivity index (χ3v) is 4.99. The number of carbonyl (C=O) groups excluding carboxylic acids is 1. The number of nitrogens with one attached hydrogen (secondary N) is 1. The zero-order chi connectivity index (χ0) is 20.8. The molecule has 0 saturated heterocycles. The predicted octanol–water partition coefficient (Wildman–Crippen LogP) is 5.27. The predicted molar refractivity (Wildman–Crippen MR) is 119 cm³/mol. The van der Waals surface area contributed by atoms with Crippen LogP contribution < -0.4 is 10.2 Å². The topological polar surface area (TPSA) is 48.7 Å². The van der Waals surface area contributed by atoms with E-state index in [1.807, 2.05) is 38.4 Å². The maximum atomic E-state index is 13.3. The average Bonchev–Trinajstić information content (AvgIpc) is 3.21. The zero-order valence-electron chi connectivity index (χ0n) is 17.0. The minimum absolute atomic E-state index is 0.133. The SMILES string of the molecule is CCNc1cc(N(C)C)ccc1CN(Cc1ccco1)C(=O)c1ccccc1Cl. The minimum atomic E-state index is -0.133. The zero-order valence-corrected chi connectivity index (χ0v) is 17.7. The molecule has 0 aliphatic carbocycles. The molecule has 0 fully saturated rings. The normalized spacial score (nSPS) is 10.6. The van der Waals surface area contributed by atoms with Gasteiger partial charge in [0.1, 0.15) is 5.76 Å². The lowest BCUT2D eigenvalue weighted by atomic mass is 10.1. The first-order valence-electron chi connectivity index (χ1n) is 9.60. The van der Waals surface area contributed by atoms with Gasteiger partial charge in [-0.25, -0.2) is 0 Å². The summed E-state index contributed by atoms with van der Waals surface area (Å²) in [6.07, 6.45) is 1.61. The summed E-state index contributed by atoms with van der Waals surface area (Å²) >= 11 is 6.30. The van der Waals surface area contributed by atoms with Gasteiger partial charge in [-0.2, -0.15) is 0 Å². The Kier molecular flexibility index (Phi) is 6.83. The summed E-state index contributed by atoms with van der Waals surface area (Å²) < 4.78 is 5.50. The first kappa shape index (κ1) is 20.8. The third kappa shape index (κ3) is 5.12. The Hall–Kier alpha value is -2.92. The molecule has 5 nitrogen and oxygen atoms in total. The number of anilines is 2. The lowest BCUT2D eigenvalue weighted by molar-refractivity contribution is 0.0718. The Bertz CT molecular complexity index is 955. The first-order valence-corrected chi connectivity index (χ1v) is 9.97. The van der Waals surface area contributed by atoms with Crippen molar-refractivity contribution in [1.29, 1.82) is 0 Å². The Balaban J connectivity index is 1.95. The maximum Gasteiger partial charge on any atom is 0.256 e. The molecule has 0 aliphatic rings. The molecule has 152 valence electrons. The summed E-state index contributed by atoms with van der Waals surface area (Å²) in [7, 11) is 4.02. The number of amides is 1. The van der Waals surface area contributed by atoms with Crippen LogP contribution in [0.4, 0.5) is 11.4 Å². The van der Waals surface area contributed by atoms with Gasteiger partial charge >= 0.3 is 0 Å². The van der Waals surface area contributed by atoms with Gasteiger partial charge in [0.05, 0.1) is 23.4 Å². The van der Waals surface area contributed by atoms with Gasteiger partial charge in [0.15, 0.2) is 0 Å². The van der Waals surface area contributed by atoms with E-state index in [-0.39, 0.29) is 5.91 Å². The van der Waals surface area contributed by atoms with Crippen LogP contribution in [0.1, 0.15) is 28.6 Å². The van der Waals surface area contributed by atoms with Gasteiger partial charge in [-0.3, -0.25) is 4.79 Å². The van der Waals surface area contributed by atoms with E-state index in [0.717, 1.165) is 29.2 Å². The van der Waals surface area contributed by atoms with Gasteiger partial charge in [-0.05, 0) is 48.9 Å². The van der Waals surface area contributed by atoms with Crippen molar-refractivity contribution in [1.82, 2.24) is 4.90 Å². The quantitative estimate of drug-likeness (QED) is 0.548. The van der Waals surface area contributed by atoms with Crippen molar-refractivity contribution in [3.05, 3.63) is 82.8 Å². The number of furan rings is 1. The standard InChI is InChI=1S/C23H26ClN3O2/c1-4-25-22-14-18(26(2)3)12-11-17(22)15-27(16-19-8-7-13-29-19)23(28)20-9-5-6-10-21(20)24/h5-14,25H,4,15-16H2,1-3H3. The summed E-state index contributed by atoms with van der Waals surface area (Å²) in [5.74, 6) is 0.589. The molecule has 0 aliphatic heterocycles. The van der Waals surface area contributed by atoms with Gasteiger partial charge in [-0.15, -0.1) is 0 Å². The fraction of sp³-hybridized carbons (Fsp3) is 0.261. The number of nitrogens with zero attached hydrogens (tertiary/aromatic N) is 2. The maximum absolute atomic E-state index is 13.3. The van der Waals surface area contributed by atoms with E-state index < -0.39 is 0 Å². The van der Waals surface area contributed by atoms with E-state index in [0.29, 0.717) is 23.7 Å². The van der Waals surface area contributed by atoms with Crippen molar-refractivity contribution in [2.75, 3.05) is 30.9 Å². The molecule has 1 heterocycles. The van der Waals surface area contributed by atoms with Crippen molar-refractivity contribution in [2.24, 2.45) is 0 Å². The van der Waals surface area contributed by atoms with Gasteiger partial charge in [0.2, 0.25) is 0 Å². The third-order valence-electron chi connectivity index (χ3n) is 4.66. The van der Waals surface area contributed by atoms with E-state index >= 15 is 0 Å². The number of rotatable bonds is 8. The van der Waals surface area contributed by atoms with Crippen LogP contribution in [-0.4, -0.2) is 31.4 Å². The molecule has 6 heteroatoms. The van der Waals surface area contributed by atoms with Gasteiger partial charge in [0, 0.05) is 38.6 Å². The summed E-state index contributed by atoms with van der Waals surface area (Å²) in [5, 5.41) is 3.85. The van der Waals surface area contributed by atoms with Crippen molar-refractivity contribution in [2.45, 2.75) is 20.0 Å². The second-order valence-corrected chi connectivity index (χ2v) is 7.39. The Labute approximate surface area is 176 Å². The molecule has 0 saturated carbocycles. The minimum Gasteiger partial charge on any atom is -0.467 e. The van der Waals surface area contributed by atoms with E-state index in [9.17, 15) is 4.79 Å². The van der Waals surface area contributed by atoms with Crippen molar-refractivity contribution in [3.63, 3.8) is 0 Å². The van der Waals surface area contributed by atoms with Gasteiger partial charge < -0.3 is 19.5 Å². The van der Waals surface area contributed by atoms with Crippen LogP contribution in [0.2, 0.25) is 5.02 Å². The summed E-state index contributed by atoms with van der Waals surface area (Å²) in [5.41, 5.74) is 3.62. The molecule has 0 bridgehead atoms. The molecule has 0 spiro atoms. The first-order chi connectivity index (χ1) is 14.0. The molecule has 3 aromatic rings. The van der Waals surface area contributed by atoms with E-state index in [2.05, 4.69) is 35.3 Å². The van der Waals surface area contributed by atoms with Crippen LogP contribution in [0.5, 0.6) is 0 Å². The van der Waals surface area contributed by atoms with Crippen LogP contribution in [-0.2, 0) is 13.1 Å². The average molecular weight is 412 g/mol. The molecule has 1 N–H and O–H groups in total. The number of hydrogen-bond donors (Lipinski definition) is 1. The Morgan fingerprint density at radius 1 is 1.07 bits per heavy atom.